The van der Waals surface area contributed by atoms with Gasteiger partial charge in [-0.1, -0.05) is 48.0 Å². The van der Waals surface area contributed by atoms with Crippen molar-refractivity contribution in [3.63, 3.8) is 0 Å². The van der Waals surface area contributed by atoms with E-state index in [1.165, 1.54) is 27.7 Å². The minimum Gasteiger partial charge on any atom is -0.350 e. The van der Waals surface area contributed by atoms with E-state index in [9.17, 15) is 4.79 Å². The third kappa shape index (κ3) is 4.14. The highest BCUT2D eigenvalue weighted by Gasteiger charge is 2.22. The van der Waals surface area contributed by atoms with Crippen molar-refractivity contribution in [2.24, 2.45) is 0 Å². The summed E-state index contributed by atoms with van der Waals surface area (Å²) in [6, 6.07) is 13.7. The molecule has 6 nitrogen and oxygen atoms in total. The molecule has 3 rings (SSSR count). The van der Waals surface area contributed by atoms with Crippen molar-refractivity contribution in [3.05, 3.63) is 76.6 Å². The van der Waals surface area contributed by atoms with Gasteiger partial charge in [0.25, 0.3) is 0 Å². The average molecular weight is 349 g/mol. The number of carbonyl (C=O) groups excluding carboxylic acids is 1. The topological polar surface area (TPSA) is 72.7 Å². The summed E-state index contributed by atoms with van der Waals surface area (Å²) < 4.78 is 1.51. The molecule has 0 aliphatic heterocycles. The van der Waals surface area contributed by atoms with Crippen LogP contribution in [0.2, 0.25) is 0 Å². The highest BCUT2D eigenvalue weighted by molar-refractivity contribution is 5.80. The Bertz CT molecular complexity index is 851. The minimum atomic E-state index is -0.488. The quantitative estimate of drug-likeness (QED) is 0.743. The van der Waals surface area contributed by atoms with Crippen molar-refractivity contribution in [2.45, 2.75) is 39.8 Å². The summed E-state index contributed by atoms with van der Waals surface area (Å²) in [5, 5.41) is 14.3. The van der Waals surface area contributed by atoms with Crippen LogP contribution < -0.4 is 5.32 Å². The third-order valence-corrected chi connectivity index (χ3v) is 4.54. The Hall–Kier alpha value is -3.02. The van der Waals surface area contributed by atoms with Crippen LogP contribution in [0, 0.1) is 20.8 Å². The molecule has 6 heteroatoms. The molecule has 0 spiro atoms. The maximum atomic E-state index is 12.9. The molecule has 0 aliphatic rings. The number of rotatable bonds is 6. The second kappa shape index (κ2) is 7.91. The fourth-order valence-electron chi connectivity index (χ4n) is 3.24. The van der Waals surface area contributed by atoms with Crippen LogP contribution in [0.3, 0.4) is 0 Å². The van der Waals surface area contributed by atoms with Gasteiger partial charge in [-0.2, -0.15) is 0 Å². The van der Waals surface area contributed by atoms with E-state index in [0.29, 0.717) is 13.0 Å². The van der Waals surface area contributed by atoms with E-state index in [0.717, 1.165) is 11.1 Å². The van der Waals surface area contributed by atoms with Crippen LogP contribution in [0.25, 0.3) is 0 Å². The smallest absolute Gasteiger partial charge is 0.245 e. The van der Waals surface area contributed by atoms with Gasteiger partial charge in [-0.15, -0.1) is 5.10 Å². The molecule has 0 saturated carbocycles. The van der Waals surface area contributed by atoms with Gasteiger partial charge in [0.2, 0.25) is 5.91 Å². The number of amides is 1. The number of benzene rings is 2. The van der Waals surface area contributed by atoms with E-state index in [4.69, 9.17) is 0 Å². The molecule has 26 heavy (non-hydrogen) atoms. The van der Waals surface area contributed by atoms with E-state index in [-0.39, 0.29) is 5.91 Å². The molecule has 2 aromatic carbocycles. The van der Waals surface area contributed by atoms with Gasteiger partial charge in [-0.3, -0.25) is 4.79 Å². The Kier molecular flexibility index (Phi) is 5.41. The Morgan fingerprint density at radius 2 is 1.81 bits per heavy atom. The summed E-state index contributed by atoms with van der Waals surface area (Å²) in [4.78, 5) is 12.9. The van der Waals surface area contributed by atoms with Gasteiger partial charge in [0, 0.05) is 13.0 Å². The molecule has 1 unspecified atom stereocenters. The maximum Gasteiger partial charge on any atom is 0.245 e. The van der Waals surface area contributed by atoms with E-state index < -0.39 is 6.04 Å². The molecule has 1 amide bonds. The van der Waals surface area contributed by atoms with E-state index in [2.05, 4.69) is 53.7 Å². The summed E-state index contributed by atoms with van der Waals surface area (Å²) in [6.07, 6.45) is 2.01. The molecule has 1 aromatic heterocycles. The minimum absolute atomic E-state index is 0.0967. The van der Waals surface area contributed by atoms with Gasteiger partial charge >= 0.3 is 0 Å². The average Bonchev–Trinajstić information content (AvgIpc) is 3.13. The number of hydrogen-bond acceptors (Lipinski definition) is 4. The van der Waals surface area contributed by atoms with Crippen LogP contribution in [-0.2, 0) is 17.8 Å². The Morgan fingerprint density at radius 1 is 1.12 bits per heavy atom. The Labute approximate surface area is 153 Å². The van der Waals surface area contributed by atoms with Gasteiger partial charge in [-0.05, 0) is 53.5 Å². The van der Waals surface area contributed by atoms with Crippen molar-refractivity contribution >= 4 is 5.91 Å². The first-order chi connectivity index (χ1) is 12.5. The number of aryl methyl sites for hydroxylation is 3. The standard InChI is InChI=1S/C20H23N5O/c1-14-9-15(2)18(16(3)10-14)12-21-20(26)19(25-13-22-23-24-25)11-17-7-5-4-6-8-17/h4-10,13,19H,11-12H2,1-3H3,(H,21,26). The molecule has 134 valence electrons. The van der Waals surface area contributed by atoms with Crippen molar-refractivity contribution in [2.75, 3.05) is 0 Å². The van der Waals surface area contributed by atoms with Crippen molar-refractivity contribution in [1.29, 1.82) is 0 Å². The SMILES string of the molecule is Cc1cc(C)c(CNC(=O)C(Cc2ccccc2)n2cnnn2)c(C)c1. The summed E-state index contributed by atoms with van der Waals surface area (Å²) in [5.41, 5.74) is 5.81. The number of nitrogens with zero attached hydrogens (tertiary/aromatic N) is 4. The normalized spacial score (nSPS) is 12.0. The first-order valence-corrected chi connectivity index (χ1v) is 8.65. The summed E-state index contributed by atoms with van der Waals surface area (Å²) >= 11 is 0. The first-order valence-electron chi connectivity index (χ1n) is 8.65. The molecule has 3 aromatic rings. The van der Waals surface area contributed by atoms with Crippen LogP contribution in [0.15, 0.2) is 48.8 Å². The van der Waals surface area contributed by atoms with Crippen LogP contribution >= 0.6 is 0 Å². The fourth-order valence-corrected chi connectivity index (χ4v) is 3.24. The van der Waals surface area contributed by atoms with Crippen LogP contribution in [0.4, 0.5) is 0 Å². The lowest BCUT2D eigenvalue weighted by Crippen LogP contribution is -2.34. The van der Waals surface area contributed by atoms with Gasteiger partial charge in [0.05, 0.1) is 0 Å². The second-order valence-corrected chi connectivity index (χ2v) is 6.59. The molecular weight excluding hydrogens is 326 g/mol. The van der Waals surface area contributed by atoms with Crippen LogP contribution in [-0.4, -0.2) is 26.1 Å². The van der Waals surface area contributed by atoms with Gasteiger partial charge in [0.1, 0.15) is 12.4 Å². The lowest BCUT2D eigenvalue weighted by atomic mass is 9.99. The highest BCUT2D eigenvalue weighted by Crippen LogP contribution is 2.17. The molecule has 0 saturated heterocycles. The highest BCUT2D eigenvalue weighted by atomic mass is 16.2. The molecule has 1 heterocycles. The lowest BCUT2D eigenvalue weighted by molar-refractivity contribution is -0.124. The summed E-state index contributed by atoms with van der Waals surface area (Å²) in [6.45, 7) is 6.72. The molecule has 0 aliphatic carbocycles. The molecule has 0 bridgehead atoms. The number of nitrogens with one attached hydrogen (secondary N) is 1. The third-order valence-electron chi connectivity index (χ3n) is 4.54. The first kappa shape index (κ1) is 17.8. The maximum absolute atomic E-state index is 12.9. The summed E-state index contributed by atoms with van der Waals surface area (Å²) in [5.74, 6) is -0.0967. The van der Waals surface area contributed by atoms with E-state index in [1.54, 1.807) is 0 Å². The molecule has 1 N–H and O–H groups in total. The zero-order valence-corrected chi connectivity index (χ0v) is 15.3. The second-order valence-electron chi connectivity index (χ2n) is 6.59. The predicted octanol–water partition coefficient (Wildman–Crippen LogP) is 2.70. The zero-order valence-electron chi connectivity index (χ0n) is 15.3. The monoisotopic (exact) mass is 349 g/mol. The number of carbonyl (C=O) groups is 1. The van der Waals surface area contributed by atoms with Gasteiger partial charge in [-0.25, -0.2) is 4.68 Å². The molecule has 1 atom stereocenters. The van der Waals surface area contributed by atoms with Crippen molar-refractivity contribution in [3.8, 4) is 0 Å². The van der Waals surface area contributed by atoms with Crippen molar-refractivity contribution in [1.82, 2.24) is 25.5 Å². The van der Waals surface area contributed by atoms with E-state index >= 15 is 0 Å². The van der Waals surface area contributed by atoms with Gasteiger partial charge < -0.3 is 5.32 Å². The van der Waals surface area contributed by atoms with Gasteiger partial charge in [0.15, 0.2) is 0 Å². The Morgan fingerprint density at radius 3 is 2.42 bits per heavy atom. The molecular formula is C20H23N5O. The number of aromatic nitrogens is 4. The predicted molar refractivity (Wildman–Crippen MR) is 99.5 cm³/mol. The fraction of sp³-hybridized carbons (Fsp3) is 0.300. The number of hydrogen-bond donors (Lipinski definition) is 1. The lowest BCUT2D eigenvalue weighted by Gasteiger charge is -2.18. The largest absolute Gasteiger partial charge is 0.350 e. The summed E-state index contributed by atoms with van der Waals surface area (Å²) in [7, 11) is 0. The van der Waals surface area contributed by atoms with Crippen LogP contribution in [0.1, 0.15) is 33.9 Å². The van der Waals surface area contributed by atoms with Crippen LogP contribution in [0.5, 0.6) is 0 Å². The molecule has 0 fully saturated rings. The Balaban J connectivity index is 1.76. The molecule has 0 radical (unpaired) electrons. The van der Waals surface area contributed by atoms with E-state index in [1.807, 2.05) is 30.3 Å². The van der Waals surface area contributed by atoms with Crippen molar-refractivity contribution < 1.29 is 4.79 Å². The number of tetrazole rings is 1. The zero-order chi connectivity index (χ0) is 18.5.